The zero-order chi connectivity index (χ0) is 13.4. The van der Waals surface area contributed by atoms with E-state index in [0.29, 0.717) is 6.92 Å². The van der Waals surface area contributed by atoms with Crippen molar-refractivity contribution >= 4 is 0 Å². The maximum atomic E-state index is 13.9. The van der Waals surface area contributed by atoms with Crippen molar-refractivity contribution in [2.24, 2.45) is 0 Å². The van der Waals surface area contributed by atoms with Gasteiger partial charge in [0.05, 0.1) is 0 Å². The number of hydrogen-bond acceptors (Lipinski definition) is 0. The van der Waals surface area contributed by atoms with Crippen LogP contribution in [-0.2, 0) is 0 Å². The van der Waals surface area contributed by atoms with Gasteiger partial charge in [-0.25, -0.2) is 13.2 Å². The largest absolute Gasteiger partial charge is 0.357 e. The number of alkyl halides is 6. The molecular weight excluding hydrogens is 253 g/mol. The van der Waals surface area contributed by atoms with Crippen molar-refractivity contribution in [2.75, 3.05) is 0 Å². The van der Waals surface area contributed by atoms with Gasteiger partial charge in [-0.2, -0.15) is 17.6 Å². The second kappa shape index (κ2) is 2.70. The maximum absolute atomic E-state index is 13.9. The molecule has 0 aromatic rings. The number of hydrogen-bond donors (Lipinski definition) is 0. The Morgan fingerprint density at radius 2 is 1.29 bits per heavy atom. The number of rotatable bonds is 0. The van der Waals surface area contributed by atoms with E-state index in [4.69, 9.17) is 0 Å². The molecule has 2 bridgehead atoms. The highest BCUT2D eigenvalue weighted by atomic mass is 19.3. The van der Waals surface area contributed by atoms with E-state index < -0.39 is 46.2 Å². The summed E-state index contributed by atoms with van der Waals surface area (Å²) in [4.78, 5) is 0. The van der Waals surface area contributed by atoms with Crippen molar-refractivity contribution < 1.29 is 30.7 Å². The molecule has 7 heteroatoms. The quantitative estimate of drug-likeness (QED) is 0.458. The zero-order valence-corrected chi connectivity index (χ0v) is 8.72. The lowest BCUT2D eigenvalue weighted by atomic mass is 9.63. The lowest BCUT2D eigenvalue weighted by Crippen LogP contribution is -2.72. The van der Waals surface area contributed by atoms with E-state index in [-0.39, 0.29) is 0 Å². The van der Waals surface area contributed by atoms with E-state index in [1.807, 2.05) is 0 Å². The number of allylic oxidation sites excluding steroid dienone is 4. The van der Waals surface area contributed by atoms with E-state index in [0.717, 1.165) is 6.92 Å². The third-order valence-corrected chi connectivity index (χ3v) is 3.56. The number of halogens is 7. The first-order valence-electron chi connectivity index (χ1n) is 4.65. The van der Waals surface area contributed by atoms with Gasteiger partial charge < -0.3 is 0 Å². The molecule has 96 valence electrons. The Hall–Kier alpha value is -1.01. The molecule has 0 aliphatic heterocycles. The van der Waals surface area contributed by atoms with Crippen LogP contribution in [0.3, 0.4) is 0 Å². The van der Waals surface area contributed by atoms with Crippen LogP contribution in [0.5, 0.6) is 0 Å². The van der Waals surface area contributed by atoms with Gasteiger partial charge in [-0.15, -0.1) is 0 Å². The average Bonchev–Trinajstić information content (AvgIpc) is 2.21. The number of fused-ring (bicyclic) bond motifs is 1. The van der Waals surface area contributed by atoms with Crippen LogP contribution in [0.1, 0.15) is 13.8 Å². The minimum Gasteiger partial charge on any atom is -0.227 e. The molecule has 3 rings (SSSR count). The molecule has 2 unspecified atom stereocenters. The minimum absolute atomic E-state index is 0.396. The molecule has 0 N–H and O–H groups in total. The first-order chi connectivity index (χ1) is 7.44. The predicted octanol–water partition coefficient (Wildman–Crippen LogP) is 3.89. The van der Waals surface area contributed by atoms with E-state index in [2.05, 4.69) is 0 Å². The summed E-state index contributed by atoms with van der Waals surface area (Å²) in [5.74, 6) is -13.0. The summed E-state index contributed by atoms with van der Waals surface area (Å²) in [6.07, 6.45) is -0.396. The van der Waals surface area contributed by atoms with Crippen molar-refractivity contribution in [3.05, 3.63) is 23.0 Å². The summed E-state index contributed by atoms with van der Waals surface area (Å²) in [5, 5.41) is 0. The summed E-state index contributed by atoms with van der Waals surface area (Å²) in [5.41, 5.74) is -10.2. The Bertz CT molecular complexity index is 461. The molecule has 17 heavy (non-hydrogen) atoms. The SMILES string of the molecule is CC1=C(C)C2(F)C(F)=CC1(F)C(F)(F)C2(F)F. The zero-order valence-electron chi connectivity index (χ0n) is 8.72. The summed E-state index contributed by atoms with van der Waals surface area (Å²) >= 11 is 0. The normalized spacial score (nSPS) is 42.8. The Labute approximate surface area is 91.8 Å². The fourth-order valence-corrected chi connectivity index (χ4v) is 2.25. The molecule has 0 fully saturated rings. The molecule has 0 amide bonds. The maximum Gasteiger partial charge on any atom is 0.357 e. The fourth-order valence-electron chi connectivity index (χ4n) is 2.25. The van der Waals surface area contributed by atoms with E-state index in [9.17, 15) is 30.7 Å². The van der Waals surface area contributed by atoms with E-state index >= 15 is 0 Å². The monoisotopic (exact) mass is 260 g/mol. The lowest BCUT2D eigenvalue weighted by Gasteiger charge is -2.51. The van der Waals surface area contributed by atoms with Crippen molar-refractivity contribution in [2.45, 2.75) is 37.0 Å². The summed E-state index contributed by atoms with van der Waals surface area (Å²) in [6, 6.07) is 0. The standard InChI is InChI=1S/C10H7F7/c1-4-5(2)8(13)6(11)3-7(4,12)9(14,15)10(8,16)17/h3H,1-2H3. The molecule has 0 saturated heterocycles. The third-order valence-electron chi connectivity index (χ3n) is 3.56. The average molecular weight is 260 g/mol. The highest BCUT2D eigenvalue weighted by molar-refractivity contribution is 5.55. The van der Waals surface area contributed by atoms with Gasteiger partial charge in [-0.1, -0.05) is 0 Å². The summed E-state index contributed by atoms with van der Waals surface area (Å²) in [6.45, 7) is 1.43. The van der Waals surface area contributed by atoms with Crippen LogP contribution in [0.4, 0.5) is 30.7 Å². The van der Waals surface area contributed by atoms with Crippen LogP contribution in [0, 0.1) is 0 Å². The van der Waals surface area contributed by atoms with E-state index in [1.54, 1.807) is 0 Å². The summed E-state index contributed by atoms with van der Waals surface area (Å²) in [7, 11) is 0. The minimum atomic E-state index is -5.46. The second-order valence-corrected chi connectivity index (χ2v) is 4.26. The van der Waals surface area contributed by atoms with E-state index in [1.165, 1.54) is 0 Å². The van der Waals surface area contributed by atoms with Crippen LogP contribution in [0.2, 0.25) is 0 Å². The van der Waals surface area contributed by atoms with Gasteiger partial charge in [0.25, 0.3) is 5.67 Å². The first kappa shape index (κ1) is 12.4. The molecule has 0 aromatic carbocycles. The van der Waals surface area contributed by atoms with Crippen LogP contribution in [-0.4, -0.2) is 23.2 Å². The van der Waals surface area contributed by atoms with Crippen molar-refractivity contribution in [1.82, 2.24) is 0 Å². The first-order valence-corrected chi connectivity index (χ1v) is 4.65. The Kier molecular flexibility index (Phi) is 1.97. The molecule has 0 aromatic heterocycles. The van der Waals surface area contributed by atoms with Crippen molar-refractivity contribution in [3.8, 4) is 0 Å². The fraction of sp³-hybridized carbons (Fsp3) is 0.600. The molecule has 0 nitrogen and oxygen atoms in total. The van der Waals surface area contributed by atoms with Gasteiger partial charge in [-0.3, -0.25) is 0 Å². The predicted molar refractivity (Wildman–Crippen MR) is 45.1 cm³/mol. The van der Waals surface area contributed by atoms with Crippen LogP contribution in [0.25, 0.3) is 0 Å². The molecule has 0 spiro atoms. The van der Waals surface area contributed by atoms with Crippen molar-refractivity contribution in [1.29, 1.82) is 0 Å². The lowest BCUT2D eigenvalue weighted by molar-refractivity contribution is -0.306. The molecule has 0 saturated carbocycles. The van der Waals surface area contributed by atoms with Crippen LogP contribution >= 0.6 is 0 Å². The molecule has 2 atom stereocenters. The molecule has 3 aliphatic rings. The molecule has 0 radical (unpaired) electrons. The third kappa shape index (κ3) is 0.901. The van der Waals surface area contributed by atoms with Crippen LogP contribution in [0.15, 0.2) is 23.0 Å². The Balaban J connectivity index is 2.91. The second-order valence-electron chi connectivity index (χ2n) is 4.26. The van der Waals surface area contributed by atoms with Gasteiger partial charge >= 0.3 is 11.8 Å². The van der Waals surface area contributed by atoms with Crippen molar-refractivity contribution in [3.63, 3.8) is 0 Å². The van der Waals surface area contributed by atoms with Gasteiger partial charge in [0, 0.05) is 0 Å². The van der Waals surface area contributed by atoms with Crippen LogP contribution < -0.4 is 0 Å². The summed E-state index contributed by atoms with van der Waals surface area (Å²) < 4.78 is 94.2. The van der Waals surface area contributed by atoms with Gasteiger partial charge in [0.2, 0.25) is 5.67 Å². The molecular formula is C10H7F7. The Morgan fingerprint density at radius 3 is 1.76 bits per heavy atom. The van der Waals surface area contributed by atoms with Gasteiger partial charge in [-0.05, 0) is 31.1 Å². The van der Waals surface area contributed by atoms with Gasteiger partial charge in [0.1, 0.15) is 5.83 Å². The topological polar surface area (TPSA) is 0 Å². The molecule has 3 aliphatic carbocycles. The van der Waals surface area contributed by atoms with Gasteiger partial charge in [0.15, 0.2) is 0 Å². The smallest absolute Gasteiger partial charge is 0.227 e. The highest BCUT2D eigenvalue weighted by Crippen LogP contribution is 2.66. The highest BCUT2D eigenvalue weighted by Gasteiger charge is 2.86. The molecule has 0 heterocycles. The Morgan fingerprint density at radius 1 is 0.824 bits per heavy atom.